The molecule has 17 heavy (non-hydrogen) atoms. The van der Waals surface area contributed by atoms with E-state index in [0.29, 0.717) is 6.61 Å². The number of benzene rings is 1. The first kappa shape index (κ1) is 11.8. The van der Waals surface area contributed by atoms with Crippen molar-refractivity contribution in [3.05, 3.63) is 52.0 Å². The molecule has 0 saturated carbocycles. The fourth-order valence-electron chi connectivity index (χ4n) is 1.52. The van der Waals surface area contributed by atoms with Gasteiger partial charge in [-0.1, -0.05) is 24.3 Å². The predicted octanol–water partition coefficient (Wildman–Crippen LogP) is 2.86. The lowest BCUT2D eigenvalue weighted by Crippen LogP contribution is -1.92. The average Bonchev–Trinajstić information content (AvgIpc) is 2.88. The maximum atomic E-state index is 4.88. The molecule has 87 valence electrons. The largest absolute Gasteiger partial charge is 0.391 e. The van der Waals surface area contributed by atoms with E-state index in [-0.39, 0.29) is 0 Å². The fourth-order valence-corrected chi connectivity index (χ4v) is 2.04. The van der Waals surface area contributed by atoms with Gasteiger partial charge in [-0.15, -0.1) is 16.5 Å². The van der Waals surface area contributed by atoms with Crippen LogP contribution in [-0.4, -0.2) is 11.7 Å². The van der Waals surface area contributed by atoms with Crippen LogP contribution in [0.3, 0.4) is 0 Å². The summed E-state index contributed by atoms with van der Waals surface area (Å²) in [5.74, 6) is 0. The van der Waals surface area contributed by atoms with Crippen molar-refractivity contribution in [2.75, 3.05) is 0 Å². The number of nitrogens with zero attached hydrogens (tertiary/aromatic N) is 2. The summed E-state index contributed by atoms with van der Waals surface area (Å²) in [5, 5.41) is 5.40. The molecule has 0 aliphatic rings. The Kier molecular flexibility index (Phi) is 4.27. The lowest BCUT2D eigenvalue weighted by Gasteiger charge is -2.02. The van der Waals surface area contributed by atoms with Gasteiger partial charge >= 0.3 is 0 Å². The standard InChI is InChI=1S/C13H13N2OS/c1-14-16-8-12-4-2-11(3-5-12)6-7-13-9-17-10-15-13/h2-5,9H,1,6-8H2. The van der Waals surface area contributed by atoms with Crippen LogP contribution in [0.5, 0.6) is 0 Å². The Morgan fingerprint density at radius 2 is 2.00 bits per heavy atom. The molecule has 1 radical (unpaired) electrons. The molecule has 4 heteroatoms. The first-order valence-corrected chi connectivity index (χ1v) is 6.22. The molecule has 0 aliphatic heterocycles. The van der Waals surface area contributed by atoms with Crippen LogP contribution in [0.2, 0.25) is 0 Å². The van der Waals surface area contributed by atoms with E-state index in [2.05, 4.69) is 34.5 Å². The van der Waals surface area contributed by atoms with Crippen LogP contribution in [0.25, 0.3) is 0 Å². The molecule has 0 amide bonds. The fraction of sp³-hybridized carbons (Fsp3) is 0.231. The Balaban J connectivity index is 1.87. The highest BCUT2D eigenvalue weighted by Crippen LogP contribution is 2.10. The second-order valence-corrected chi connectivity index (χ2v) is 4.30. The van der Waals surface area contributed by atoms with Crippen LogP contribution < -0.4 is 0 Å². The van der Waals surface area contributed by atoms with Gasteiger partial charge in [0.05, 0.1) is 5.69 Å². The van der Waals surface area contributed by atoms with Crippen molar-refractivity contribution in [3.8, 4) is 0 Å². The van der Waals surface area contributed by atoms with Gasteiger partial charge < -0.3 is 4.84 Å². The Morgan fingerprint density at radius 3 is 2.65 bits per heavy atom. The third-order valence-electron chi connectivity index (χ3n) is 2.45. The molecule has 0 aliphatic carbocycles. The van der Waals surface area contributed by atoms with Crippen molar-refractivity contribution in [1.82, 2.24) is 4.98 Å². The van der Waals surface area contributed by atoms with E-state index in [4.69, 9.17) is 4.84 Å². The highest BCUT2D eigenvalue weighted by Gasteiger charge is 1.98. The van der Waals surface area contributed by atoms with Gasteiger partial charge in [-0.25, -0.2) is 4.98 Å². The summed E-state index contributed by atoms with van der Waals surface area (Å²) in [6.07, 6.45) is 1.96. The number of rotatable bonds is 6. The number of hydrogen-bond donors (Lipinski definition) is 0. The summed E-state index contributed by atoms with van der Waals surface area (Å²) in [6.45, 7) is 3.75. The minimum atomic E-state index is 0.477. The first-order valence-electron chi connectivity index (χ1n) is 5.35. The number of aryl methyl sites for hydroxylation is 2. The van der Waals surface area contributed by atoms with Gasteiger partial charge in [0.2, 0.25) is 0 Å². The van der Waals surface area contributed by atoms with E-state index < -0.39 is 0 Å². The van der Waals surface area contributed by atoms with Crippen molar-refractivity contribution < 1.29 is 4.84 Å². The van der Waals surface area contributed by atoms with E-state index >= 15 is 0 Å². The van der Waals surface area contributed by atoms with Crippen LogP contribution in [0.15, 0.2) is 34.8 Å². The Labute approximate surface area is 105 Å². The molecule has 0 unspecified atom stereocenters. The normalized spacial score (nSPS) is 10.1. The predicted molar refractivity (Wildman–Crippen MR) is 69.1 cm³/mol. The van der Waals surface area contributed by atoms with Gasteiger partial charge in [0.1, 0.15) is 6.61 Å². The summed E-state index contributed by atoms with van der Waals surface area (Å²) in [4.78, 5) is 9.02. The van der Waals surface area contributed by atoms with Gasteiger partial charge in [-0.2, -0.15) is 0 Å². The van der Waals surface area contributed by atoms with Gasteiger partial charge in [-0.3, -0.25) is 0 Å². The van der Waals surface area contributed by atoms with E-state index in [1.165, 1.54) is 16.9 Å². The Bertz CT molecular complexity index is 451. The van der Waals surface area contributed by atoms with Gasteiger partial charge in [-0.05, 0) is 24.0 Å². The quantitative estimate of drug-likeness (QED) is 0.579. The molecule has 0 saturated heterocycles. The number of hydrogen-bond acceptors (Lipinski definition) is 4. The summed E-state index contributed by atoms with van der Waals surface area (Å²) in [6, 6.07) is 8.32. The molecule has 0 atom stereocenters. The van der Waals surface area contributed by atoms with Crippen LogP contribution in [-0.2, 0) is 24.3 Å². The van der Waals surface area contributed by atoms with Gasteiger partial charge in [0.15, 0.2) is 5.51 Å². The molecule has 2 rings (SSSR count). The third-order valence-corrected chi connectivity index (χ3v) is 3.04. The lowest BCUT2D eigenvalue weighted by molar-refractivity contribution is 0.133. The van der Waals surface area contributed by atoms with E-state index in [0.717, 1.165) is 24.1 Å². The molecule has 2 aromatic rings. The number of thiazole rings is 1. The van der Waals surface area contributed by atoms with Crippen molar-refractivity contribution >= 4 is 18.1 Å². The zero-order valence-corrected chi connectivity index (χ0v) is 10.2. The van der Waals surface area contributed by atoms with Gasteiger partial charge in [0, 0.05) is 12.1 Å². The van der Waals surface area contributed by atoms with Crippen molar-refractivity contribution in [1.29, 1.82) is 0 Å². The molecule has 1 heterocycles. The minimum absolute atomic E-state index is 0.477. The molecule has 0 N–H and O–H groups in total. The van der Waals surface area contributed by atoms with Crippen LogP contribution in [0, 0.1) is 5.51 Å². The van der Waals surface area contributed by atoms with Crippen molar-refractivity contribution in [3.63, 3.8) is 0 Å². The summed E-state index contributed by atoms with van der Waals surface area (Å²) in [7, 11) is 0. The zero-order valence-electron chi connectivity index (χ0n) is 9.43. The van der Waals surface area contributed by atoms with Gasteiger partial charge in [0.25, 0.3) is 0 Å². The molecule has 0 fully saturated rings. The van der Waals surface area contributed by atoms with E-state index in [9.17, 15) is 0 Å². The monoisotopic (exact) mass is 245 g/mol. The van der Waals surface area contributed by atoms with E-state index in [1.54, 1.807) is 0 Å². The smallest absolute Gasteiger partial charge is 0.152 e. The SMILES string of the molecule is C=NOCc1ccc(CCc2cs[c]n2)cc1. The van der Waals surface area contributed by atoms with Crippen LogP contribution >= 0.6 is 11.3 Å². The van der Waals surface area contributed by atoms with Crippen LogP contribution in [0.4, 0.5) is 0 Å². The number of oxime groups is 1. The summed E-state index contributed by atoms with van der Waals surface area (Å²) in [5.41, 5.74) is 6.37. The highest BCUT2D eigenvalue weighted by molar-refractivity contribution is 7.07. The lowest BCUT2D eigenvalue weighted by atomic mass is 10.1. The molecule has 3 nitrogen and oxygen atoms in total. The Hall–Kier alpha value is -1.68. The molecule has 1 aromatic carbocycles. The molecular weight excluding hydrogens is 232 g/mol. The molecule has 0 bridgehead atoms. The molecule has 1 aromatic heterocycles. The topological polar surface area (TPSA) is 34.5 Å². The first-order chi connectivity index (χ1) is 8.38. The second kappa shape index (κ2) is 6.15. The number of aromatic nitrogens is 1. The van der Waals surface area contributed by atoms with Crippen LogP contribution in [0.1, 0.15) is 16.8 Å². The second-order valence-electron chi connectivity index (χ2n) is 3.65. The summed E-state index contributed by atoms with van der Waals surface area (Å²) >= 11 is 1.52. The third kappa shape index (κ3) is 3.67. The molecule has 0 spiro atoms. The minimum Gasteiger partial charge on any atom is -0.391 e. The average molecular weight is 245 g/mol. The highest BCUT2D eigenvalue weighted by atomic mass is 32.1. The maximum Gasteiger partial charge on any atom is 0.152 e. The Morgan fingerprint density at radius 1 is 1.24 bits per heavy atom. The van der Waals surface area contributed by atoms with E-state index in [1.807, 2.05) is 17.5 Å². The van der Waals surface area contributed by atoms with Crippen molar-refractivity contribution in [2.45, 2.75) is 19.4 Å². The zero-order chi connectivity index (χ0) is 11.9. The molecular formula is C13H13N2OS. The summed E-state index contributed by atoms with van der Waals surface area (Å²) < 4.78 is 0. The van der Waals surface area contributed by atoms with Crippen molar-refractivity contribution in [2.24, 2.45) is 5.16 Å². The maximum absolute atomic E-state index is 4.88.